The van der Waals surface area contributed by atoms with Gasteiger partial charge in [0.05, 0.1) is 11.4 Å². The molecule has 7 rings (SSSR count). The van der Waals surface area contributed by atoms with Gasteiger partial charge in [0, 0.05) is 29.0 Å². The maximum absolute atomic E-state index is 6.38. The van der Waals surface area contributed by atoms with Crippen LogP contribution >= 0.6 is 0 Å². The standard InChI is InChI=1S/C28H17BN2O2/c1-3-14-30-22(6-1)18-10-12-20-26(16-18)32-24-8-5-9-25-28(24)29(20)21-13-11-19(17-27(21)33-25)23-7-2-4-15-31-23/h1-17H. The van der Waals surface area contributed by atoms with E-state index >= 15 is 0 Å². The Labute approximate surface area is 191 Å². The fraction of sp³-hybridized carbons (Fsp3) is 0. The number of nitrogens with zero attached hydrogens (tertiary/aromatic N) is 2. The molecule has 2 aliphatic rings. The SMILES string of the molecule is c1ccc(-c2ccc3c(c2)Oc2cccc4c2B3c2ccc(-c3ccccn3)cc2O4)nc1. The summed E-state index contributed by atoms with van der Waals surface area (Å²) in [6.07, 6.45) is 3.62. The van der Waals surface area contributed by atoms with Gasteiger partial charge in [-0.3, -0.25) is 9.97 Å². The predicted molar refractivity (Wildman–Crippen MR) is 131 cm³/mol. The molecule has 154 valence electrons. The van der Waals surface area contributed by atoms with E-state index in [1.54, 1.807) is 0 Å². The monoisotopic (exact) mass is 424 g/mol. The first kappa shape index (κ1) is 18.2. The molecule has 0 spiro atoms. The number of pyridine rings is 2. The van der Waals surface area contributed by atoms with E-state index < -0.39 is 0 Å². The third kappa shape index (κ3) is 2.86. The Morgan fingerprint density at radius 3 is 1.55 bits per heavy atom. The molecule has 0 saturated carbocycles. The van der Waals surface area contributed by atoms with Crippen LogP contribution in [0, 0.1) is 0 Å². The van der Waals surface area contributed by atoms with E-state index in [-0.39, 0.29) is 6.71 Å². The van der Waals surface area contributed by atoms with Crippen molar-refractivity contribution in [1.29, 1.82) is 0 Å². The van der Waals surface area contributed by atoms with Gasteiger partial charge in [0.15, 0.2) is 0 Å². The summed E-state index contributed by atoms with van der Waals surface area (Å²) in [5.41, 5.74) is 7.26. The van der Waals surface area contributed by atoms with E-state index in [1.807, 2.05) is 67.0 Å². The van der Waals surface area contributed by atoms with Crippen molar-refractivity contribution in [3.63, 3.8) is 0 Å². The average Bonchev–Trinajstić information content (AvgIpc) is 2.89. The molecule has 5 heteroatoms. The molecule has 4 nitrogen and oxygen atoms in total. The molecule has 0 bridgehead atoms. The molecule has 0 aliphatic carbocycles. The third-order valence-corrected chi connectivity index (χ3v) is 6.33. The van der Waals surface area contributed by atoms with Crippen LogP contribution in [0.2, 0.25) is 0 Å². The Balaban J connectivity index is 1.40. The van der Waals surface area contributed by atoms with Crippen LogP contribution in [0.1, 0.15) is 0 Å². The molecular weight excluding hydrogens is 407 g/mol. The molecule has 3 aromatic carbocycles. The molecule has 0 unspecified atom stereocenters. The first-order valence-electron chi connectivity index (χ1n) is 10.9. The van der Waals surface area contributed by atoms with E-state index in [9.17, 15) is 0 Å². The summed E-state index contributed by atoms with van der Waals surface area (Å²) in [5, 5.41) is 0. The highest BCUT2D eigenvalue weighted by atomic mass is 16.5. The molecule has 2 aromatic heterocycles. The van der Waals surface area contributed by atoms with Gasteiger partial charge in [-0.05, 0) is 59.5 Å². The number of fused-ring (bicyclic) bond motifs is 4. The second-order valence-corrected chi connectivity index (χ2v) is 8.24. The molecule has 0 atom stereocenters. The van der Waals surface area contributed by atoms with Crippen molar-refractivity contribution >= 4 is 23.1 Å². The Bertz CT molecular complexity index is 1410. The van der Waals surface area contributed by atoms with Crippen molar-refractivity contribution < 1.29 is 9.47 Å². The van der Waals surface area contributed by atoms with Gasteiger partial charge in [-0.15, -0.1) is 0 Å². The van der Waals surface area contributed by atoms with E-state index in [4.69, 9.17) is 9.47 Å². The summed E-state index contributed by atoms with van der Waals surface area (Å²) in [4.78, 5) is 9.00. The van der Waals surface area contributed by atoms with Crippen molar-refractivity contribution in [2.75, 3.05) is 0 Å². The molecule has 0 fully saturated rings. The Morgan fingerprint density at radius 2 is 1.06 bits per heavy atom. The Hall–Kier alpha value is -4.38. The van der Waals surface area contributed by atoms with Crippen molar-refractivity contribution in [1.82, 2.24) is 9.97 Å². The second kappa shape index (κ2) is 7.07. The largest absolute Gasteiger partial charge is 0.458 e. The summed E-state index contributed by atoms with van der Waals surface area (Å²) in [7, 11) is 0. The smallest absolute Gasteiger partial charge is 0.260 e. The normalized spacial score (nSPS) is 12.7. The van der Waals surface area contributed by atoms with Gasteiger partial charge < -0.3 is 9.47 Å². The summed E-state index contributed by atoms with van der Waals surface area (Å²) >= 11 is 0. The number of benzene rings is 3. The maximum atomic E-state index is 6.38. The zero-order valence-corrected chi connectivity index (χ0v) is 17.6. The fourth-order valence-electron chi connectivity index (χ4n) is 4.81. The predicted octanol–water partition coefficient (Wildman–Crippen LogP) is 4.54. The van der Waals surface area contributed by atoms with Gasteiger partial charge in [-0.25, -0.2) is 0 Å². The van der Waals surface area contributed by atoms with E-state index in [0.29, 0.717) is 0 Å². The van der Waals surface area contributed by atoms with E-state index in [2.05, 4.69) is 46.4 Å². The lowest BCUT2D eigenvalue weighted by molar-refractivity contribution is 0.464. The molecule has 33 heavy (non-hydrogen) atoms. The summed E-state index contributed by atoms with van der Waals surface area (Å²) in [6.45, 7) is 0.0410. The first-order valence-corrected chi connectivity index (χ1v) is 10.9. The number of aromatic nitrogens is 2. The van der Waals surface area contributed by atoms with Gasteiger partial charge in [-0.1, -0.05) is 42.5 Å². The van der Waals surface area contributed by atoms with Crippen molar-refractivity contribution in [3.05, 3.63) is 103 Å². The van der Waals surface area contributed by atoms with Gasteiger partial charge >= 0.3 is 0 Å². The van der Waals surface area contributed by atoms with Crippen LogP contribution in [0.15, 0.2) is 103 Å². The van der Waals surface area contributed by atoms with Crippen molar-refractivity contribution in [3.8, 4) is 45.5 Å². The van der Waals surface area contributed by atoms with Crippen molar-refractivity contribution in [2.45, 2.75) is 0 Å². The lowest BCUT2D eigenvalue weighted by Crippen LogP contribution is -2.57. The maximum Gasteiger partial charge on any atom is 0.260 e. The fourth-order valence-corrected chi connectivity index (χ4v) is 4.81. The van der Waals surface area contributed by atoms with Gasteiger partial charge in [0.1, 0.15) is 23.0 Å². The number of rotatable bonds is 2. The van der Waals surface area contributed by atoms with Crippen LogP contribution in [-0.2, 0) is 0 Å². The van der Waals surface area contributed by atoms with Gasteiger partial charge in [0.2, 0.25) is 0 Å². The van der Waals surface area contributed by atoms with Crippen LogP contribution in [-0.4, -0.2) is 16.7 Å². The zero-order valence-electron chi connectivity index (χ0n) is 17.6. The second-order valence-electron chi connectivity index (χ2n) is 8.24. The molecular formula is C28H17BN2O2. The number of hydrogen-bond donors (Lipinski definition) is 0. The van der Waals surface area contributed by atoms with Crippen LogP contribution in [0.4, 0.5) is 0 Å². The third-order valence-electron chi connectivity index (χ3n) is 6.33. The van der Waals surface area contributed by atoms with Crippen LogP contribution in [0.3, 0.4) is 0 Å². The molecule has 0 radical (unpaired) electrons. The van der Waals surface area contributed by atoms with Crippen LogP contribution < -0.4 is 25.9 Å². The van der Waals surface area contributed by atoms with E-state index in [0.717, 1.165) is 61.9 Å². The highest BCUT2D eigenvalue weighted by Crippen LogP contribution is 2.36. The topological polar surface area (TPSA) is 44.2 Å². The molecule has 2 aliphatic heterocycles. The lowest BCUT2D eigenvalue weighted by atomic mass is 9.35. The quantitative estimate of drug-likeness (QED) is 0.383. The van der Waals surface area contributed by atoms with Gasteiger partial charge in [0.25, 0.3) is 6.71 Å². The molecule has 0 saturated heterocycles. The summed E-state index contributed by atoms with van der Waals surface area (Å²) in [6, 6.07) is 30.6. The summed E-state index contributed by atoms with van der Waals surface area (Å²) < 4.78 is 12.8. The zero-order chi connectivity index (χ0) is 21.8. The number of hydrogen-bond acceptors (Lipinski definition) is 4. The minimum absolute atomic E-state index is 0.0410. The molecule has 0 amide bonds. The minimum Gasteiger partial charge on any atom is -0.458 e. The number of ether oxygens (including phenoxy) is 2. The minimum atomic E-state index is 0.0410. The van der Waals surface area contributed by atoms with E-state index in [1.165, 1.54) is 0 Å². The van der Waals surface area contributed by atoms with Crippen molar-refractivity contribution in [2.24, 2.45) is 0 Å². The molecule has 4 heterocycles. The summed E-state index contributed by atoms with van der Waals surface area (Å²) in [5.74, 6) is 3.38. The lowest BCUT2D eigenvalue weighted by Gasteiger charge is -2.33. The Kier molecular flexibility index (Phi) is 3.90. The highest BCUT2D eigenvalue weighted by Gasteiger charge is 2.40. The van der Waals surface area contributed by atoms with Crippen LogP contribution in [0.25, 0.3) is 22.5 Å². The van der Waals surface area contributed by atoms with Gasteiger partial charge in [-0.2, -0.15) is 0 Å². The average molecular weight is 424 g/mol. The highest BCUT2D eigenvalue weighted by molar-refractivity contribution is 6.98. The van der Waals surface area contributed by atoms with Crippen LogP contribution in [0.5, 0.6) is 23.0 Å². The Morgan fingerprint density at radius 1 is 0.515 bits per heavy atom. The first-order chi connectivity index (χ1) is 16.3. The molecule has 5 aromatic rings. The molecule has 0 N–H and O–H groups in total.